The average molecular weight is 506 g/mol. The maximum Gasteiger partial charge on any atom is 0.326 e. The van der Waals surface area contributed by atoms with Crippen LogP contribution in [0.4, 0.5) is 16.2 Å². The number of rotatable bonds is 4. The molecule has 2 aliphatic rings. The minimum atomic E-state index is -0.140. The third-order valence-electron chi connectivity index (χ3n) is 7.18. The summed E-state index contributed by atoms with van der Waals surface area (Å²) in [6.45, 7) is 5.76. The van der Waals surface area contributed by atoms with Crippen LogP contribution < -0.4 is 10.2 Å². The molecule has 4 nitrogen and oxygen atoms in total. The lowest BCUT2D eigenvalue weighted by molar-refractivity contribution is 0.180. The van der Waals surface area contributed by atoms with E-state index in [1.54, 1.807) is 18.2 Å². The predicted octanol–water partition coefficient (Wildman–Crippen LogP) is 7.40. The molecule has 35 heavy (non-hydrogen) atoms. The van der Waals surface area contributed by atoms with Crippen LogP contribution >= 0.6 is 23.2 Å². The van der Waals surface area contributed by atoms with Crippen molar-refractivity contribution in [2.45, 2.75) is 25.2 Å². The van der Waals surface area contributed by atoms with Crippen molar-refractivity contribution in [1.82, 2.24) is 4.90 Å². The zero-order valence-electron chi connectivity index (χ0n) is 19.8. The second kappa shape index (κ2) is 10.1. The van der Waals surface area contributed by atoms with Gasteiger partial charge in [0.15, 0.2) is 0 Å². The average Bonchev–Trinajstić information content (AvgIpc) is 3.17. The SMILES string of the molecule is Cc1ccc2c(c1)C1(CCN(CC=Cc3ccccc3)CC1)CN2C(=O)Nc1ccc(Cl)c(Cl)c1. The molecule has 1 saturated heterocycles. The molecule has 0 unspecified atom stereocenters. The standard InChI is InChI=1S/C29H29Cl2N3O/c1-21-9-12-27-24(18-21)29(20-34(27)28(35)32-23-10-11-25(30)26(31)19-23)13-16-33(17-14-29)15-5-8-22-6-3-2-4-7-22/h2-12,18-19H,13-17,20H2,1H3,(H,32,35). The third kappa shape index (κ3) is 5.11. The molecule has 180 valence electrons. The van der Waals surface area contributed by atoms with Gasteiger partial charge in [-0.25, -0.2) is 4.79 Å². The summed E-state index contributed by atoms with van der Waals surface area (Å²) in [6, 6.07) is 21.9. The Bertz CT molecular complexity index is 1250. The summed E-state index contributed by atoms with van der Waals surface area (Å²) in [5.41, 5.74) is 5.37. The molecule has 0 aliphatic carbocycles. The van der Waals surface area contributed by atoms with E-state index in [1.165, 1.54) is 16.7 Å². The van der Waals surface area contributed by atoms with Crippen LogP contribution in [0.3, 0.4) is 0 Å². The minimum absolute atomic E-state index is 0.0179. The van der Waals surface area contributed by atoms with Gasteiger partial charge >= 0.3 is 6.03 Å². The number of aryl methyl sites for hydroxylation is 1. The molecule has 0 atom stereocenters. The molecule has 3 aromatic rings. The van der Waals surface area contributed by atoms with E-state index in [2.05, 4.69) is 71.8 Å². The predicted molar refractivity (Wildman–Crippen MR) is 147 cm³/mol. The van der Waals surface area contributed by atoms with Gasteiger partial charge in [0.2, 0.25) is 0 Å². The van der Waals surface area contributed by atoms with Crippen molar-refractivity contribution < 1.29 is 4.79 Å². The van der Waals surface area contributed by atoms with Gasteiger partial charge in [0.25, 0.3) is 0 Å². The van der Waals surface area contributed by atoms with Gasteiger partial charge in [0.05, 0.1) is 10.0 Å². The number of likely N-dealkylation sites (tertiary alicyclic amines) is 1. The van der Waals surface area contributed by atoms with Gasteiger partial charge in [0.1, 0.15) is 0 Å². The number of nitrogens with zero attached hydrogens (tertiary/aromatic N) is 2. The number of halogens is 2. The number of carbonyl (C=O) groups is 1. The Hall–Kier alpha value is -2.79. The first-order valence-electron chi connectivity index (χ1n) is 12.0. The van der Waals surface area contributed by atoms with Crippen molar-refractivity contribution in [3.05, 3.63) is 99.5 Å². The summed E-state index contributed by atoms with van der Waals surface area (Å²) < 4.78 is 0. The minimum Gasteiger partial charge on any atom is -0.307 e. The molecule has 0 aromatic heterocycles. The van der Waals surface area contributed by atoms with Crippen LogP contribution in [0.5, 0.6) is 0 Å². The Morgan fingerprint density at radius 2 is 1.77 bits per heavy atom. The molecule has 2 heterocycles. The van der Waals surface area contributed by atoms with E-state index in [4.69, 9.17) is 23.2 Å². The Kier molecular flexibility index (Phi) is 6.88. The number of amides is 2. The molecule has 2 aliphatic heterocycles. The second-order valence-electron chi connectivity index (χ2n) is 9.56. The van der Waals surface area contributed by atoms with Crippen molar-refractivity contribution >= 4 is 46.7 Å². The highest BCUT2D eigenvalue weighted by atomic mass is 35.5. The maximum atomic E-state index is 13.3. The smallest absolute Gasteiger partial charge is 0.307 e. The number of hydrogen-bond donors (Lipinski definition) is 1. The highest BCUT2D eigenvalue weighted by molar-refractivity contribution is 6.42. The molecule has 1 N–H and O–H groups in total. The van der Waals surface area contributed by atoms with Gasteiger partial charge < -0.3 is 5.32 Å². The van der Waals surface area contributed by atoms with Crippen LogP contribution in [0.25, 0.3) is 6.08 Å². The van der Waals surface area contributed by atoms with E-state index >= 15 is 0 Å². The van der Waals surface area contributed by atoms with Crippen molar-refractivity contribution in [1.29, 1.82) is 0 Å². The number of carbonyl (C=O) groups excluding carboxylic acids is 1. The van der Waals surface area contributed by atoms with E-state index < -0.39 is 0 Å². The first kappa shape index (κ1) is 23.9. The Labute approximate surface area is 217 Å². The van der Waals surface area contributed by atoms with Crippen LogP contribution in [0, 0.1) is 6.92 Å². The number of urea groups is 1. The number of anilines is 2. The summed E-state index contributed by atoms with van der Waals surface area (Å²) in [7, 11) is 0. The van der Waals surface area contributed by atoms with Crippen LogP contribution in [0.2, 0.25) is 10.0 Å². The van der Waals surface area contributed by atoms with Crippen LogP contribution in [-0.4, -0.2) is 37.1 Å². The van der Waals surface area contributed by atoms with Crippen LogP contribution in [0.1, 0.15) is 29.5 Å². The molecule has 6 heteroatoms. The largest absolute Gasteiger partial charge is 0.326 e. The highest BCUT2D eigenvalue weighted by Gasteiger charge is 2.46. The fourth-order valence-electron chi connectivity index (χ4n) is 5.22. The van der Waals surface area contributed by atoms with Crippen LogP contribution in [0.15, 0.2) is 72.8 Å². The molecule has 2 amide bonds. The second-order valence-corrected chi connectivity index (χ2v) is 10.4. The molecule has 0 bridgehead atoms. The normalized spacial score (nSPS) is 17.2. The van der Waals surface area contributed by atoms with Crippen molar-refractivity contribution in [3.8, 4) is 0 Å². The number of hydrogen-bond acceptors (Lipinski definition) is 2. The fraction of sp³-hybridized carbons (Fsp3) is 0.276. The lowest BCUT2D eigenvalue weighted by Gasteiger charge is -2.39. The number of fused-ring (bicyclic) bond motifs is 2. The molecule has 5 rings (SSSR count). The van der Waals surface area contributed by atoms with E-state index in [9.17, 15) is 4.79 Å². The van der Waals surface area contributed by atoms with Gasteiger partial charge in [-0.2, -0.15) is 0 Å². The number of nitrogens with one attached hydrogen (secondary N) is 1. The van der Waals surface area contributed by atoms with Gasteiger partial charge in [-0.05, 0) is 68.2 Å². The van der Waals surface area contributed by atoms with Gasteiger partial charge in [-0.1, -0.05) is 83.4 Å². The summed E-state index contributed by atoms with van der Waals surface area (Å²) in [4.78, 5) is 17.7. The molecule has 0 radical (unpaired) electrons. The molecule has 0 saturated carbocycles. The molecule has 3 aromatic carbocycles. The lowest BCUT2D eigenvalue weighted by Crippen LogP contribution is -2.46. The third-order valence-corrected chi connectivity index (χ3v) is 7.92. The van der Waals surface area contributed by atoms with Crippen LogP contribution in [-0.2, 0) is 5.41 Å². The summed E-state index contributed by atoms with van der Waals surface area (Å²) in [5.74, 6) is 0. The first-order valence-corrected chi connectivity index (χ1v) is 12.8. The fourth-order valence-corrected chi connectivity index (χ4v) is 5.52. The van der Waals surface area contributed by atoms with Crippen molar-refractivity contribution in [2.24, 2.45) is 0 Å². The first-order chi connectivity index (χ1) is 16.9. The molecular weight excluding hydrogens is 477 g/mol. The van der Waals surface area contributed by atoms with Gasteiger partial charge in [-0.15, -0.1) is 0 Å². The molecule has 1 fully saturated rings. The zero-order valence-corrected chi connectivity index (χ0v) is 21.3. The zero-order chi connectivity index (χ0) is 24.4. The van der Waals surface area contributed by atoms with E-state index in [-0.39, 0.29) is 11.4 Å². The number of benzene rings is 3. The lowest BCUT2D eigenvalue weighted by atomic mass is 9.74. The molecule has 1 spiro atoms. The molecular formula is C29H29Cl2N3O. The summed E-state index contributed by atoms with van der Waals surface area (Å²) in [6.07, 6.45) is 6.49. The Morgan fingerprint density at radius 1 is 1.00 bits per heavy atom. The van der Waals surface area contributed by atoms with Gasteiger partial charge in [0, 0.05) is 29.9 Å². The van der Waals surface area contributed by atoms with Crippen molar-refractivity contribution in [3.63, 3.8) is 0 Å². The van der Waals surface area contributed by atoms with E-state index in [0.29, 0.717) is 22.3 Å². The topological polar surface area (TPSA) is 35.6 Å². The monoisotopic (exact) mass is 505 g/mol. The van der Waals surface area contributed by atoms with E-state index in [1.807, 2.05) is 11.0 Å². The maximum absolute atomic E-state index is 13.3. The highest BCUT2D eigenvalue weighted by Crippen LogP contribution is 2.47. The Balaban J connectivity index is 1.29. The summed E-state index contributed by atoms with van der Waals surface area (Å²) in [5, 5.41) is 3.90. The Morgan fingerprint density at radius 3 is 2.51 bits per heavy atom. The van der Waals surface area contributed by atoms with Gasteiger partial charge in [-0.3, -0.25) is 9.80 Å². The quantitative estimate of drug-likeness (QED) is 0.400. The van der Waals surface area contributed by atoms with E-state index in [0.717, 1.165) is 38.2 Å². The number of piperidine rings is 1. The summed E-state index contributed by atoms with van der Waals surface area (Å²) >= 11 is 12.2. The van der Waals surface area contributed by atoms with Crippen molar-refractivity contribution in [2.75, 3.05) is 36.4 Å².